The van der Waals surface area contributed by atoms with Crippen LogP contribution in [0.2, 0.25) is 0 Å². The van der Waals surface area contributed by atoms with Gasteiger partial charge in [-0.15, -0.1) is 6.58 Å². The normalized spacial score (nSPS) is 41.0. The van der Waals surface area contributed by atoms with Crippen LogP contribution in [0.5, 0.6) is 0 Å². The first kappa shape index (κ1) is 9.70. The number of fused-ring (bicyclic) bond motifs is 3. The molecule has 3 aliphatic rings. The van der Waals surface area contributed by atoms with Gasteiger partial charge in [0.15, 0.2) is 0 Å². The molecule has 76 valence electrons. The van der Waals surface area contributed by atoms with Crippen LogP contribution < -0.4 is 0 Å². The van der Waals surface area contributed by atoms with Gasteiger partial charge in [0, 0.05) is 6.42 Å². The highest BCUT2D eigenvalue weighted by Crippen LogP contribution is 2.57. The number of rotatable bonds is 3. The Morgan fingerprint density at radius 3 is 2.93 bits per heavy atom. The van der Waals surface area contributed by atoms with E-state index in [0.717, 1.165) is 19.1 Å². The summed E-state index contributed by atoms with van der Waals surface area (Å²) in [6.07, 6.45) is 8.54. The Hall–Kier alpha value is -0.850. The molecule has 0 N–H and O–H groups in total. The lowest BCUT2D eigenvalue weighted by atomic mass is 9.53. The van der Waals surface area contributed by atoms with E-state index in [4.69, 9.17) is 0 Å². The number of hydrogen-bond acceptors (Lipinski definition) is 1. The Labute approximate surface area is 85.9 Å². The van der Waals surface area contributed by atoms with E-state index >= 15 is 0 Å². The number of aldehydes is 1. The van der Waals surface area contributed by atoms with Gasteiger partial charge in [0.2, 0.25) is 0 Å². The molecule has 3 saturated carbocycles. The Morgan fingerprint density at radius 1 is 1.57 bits per heavy atom. The van der Waals surface area contributed by atoms with Gasteiger partial charge in [0.1, 0.15) is 6.29 Å². The molecule has 0 heterocycles. The fourth-order valence-corrected chi connectivity index (χ4v) is 3.30. The molecule has 0 saturated heterocycles. The molecule has 3 rings (SSSR count). The van der Waals surface area contributed by atoms with Crippen molar-refractivity contribution in [3.8, 4) is 0 Å². The average Bonchev–Trinajstić information content (AvgIpc) is 2.20. The summed E-state index contributed by atoms with van der Waals surface area (Å²) in [5, 5.41) is 0. The molecule has 0 aliphatic heterocycles. The van der Waals surface area contributed by atoms with Gasteiger partial charge >= 0.3 is 0 Å². The lowest BCUT2D eigenvalue weighted by molar-refractivity contribution is -0.110. The lowest BCUT2D eigenvalue weighted by Crippen LogP contribution is -2.41. The zero-order valence-corrected chi connectivity index (χ0v) is 8.67. The second kappa shape index (κ2) is 3.38. The fourth-order valence-electron chi connectivity index (χ4n) is 3.30. The molecule has 0 amide bonds. The van der Waals surface area contributed by atoms with Crippen LogP contribution in [0.3, 0.4) is 0 Å². The Kier molecular flexibility index (Phi) is 2.34. The first-order valence-electron chi connectivity index (χ1n) is 5.47. The van der Waals surface area contributed by atoms with Gasteiger partial charge in [-0.25, -0.2) is 0 Å². The summed E-state index contributed by atoms with van der Waals surface area (Å²) in [4.78, 5) is 10.6. The van der Waals surface area contributed by atoms with Crippen molar-refractivity contribution in [2.24, 2.45) is 17.3 Å². The maximum atomic E-state index is 10.6. The van der Waals surface area contributed by atoms with Gasteiger partial charge in [-0.3, -0.25) is 0 Å². The van der Waals surface area contributed by atoms with E-state index in [1.807, 2.05) is 0 Å². The predicted molar refractivity (Wildman–Crippen MR) is 57.9 cm³/mol. The van der Waals surface area contributed by atoms with E-state index < -0.39 is 0 Å². The Bertz CT molecular complexity index is 279. The zero-order valence-electron chi connectivity index (χ0n) is 8.67. The minimum atomic E-state index is 0.201. The molecule has 3 atom stereocenters. The van der Waals surface area contributed by atoms with E-state index in [2.05, 4.69) is 19.2 Å². The van der Waals surface area contributed by atoms with E-state index in [1.165, 1.54) is 18.4 Å². The molecule has 3 aliphatic carbocycles. The van der Waals surface area contributed by atoms with Crippen LogP contribution >= 0.6 is 0 Å². The summed E-state index contributed by atoms with van der Waals surface area (Å²) >= 11 is 0. The molecule has 0 radical (unpaired) electrons. The maximum Gasteiger partial charge on any atom is 0.120 e. The van der Waals surface area contributed by atoms with E-state index in [-0.39, 0.29) is 5.41 Å². The van der Waals surface area contributed by atoms with Crippen molar-refractivity contribution in [1.82, 2.24) is 0 Å². The Morgan fingerprint density at radius 2 is 2.36 bits per heavy atom. The van der Waals surface area contributed by atoms with Crippen LogP contribution in [0.15, 0.2) is 24.8 Å². The highest BCUT2D eigenvalue weighted by atomic mass is 16.1. The fraction of sp³-hybridized carbons (Fsp3) is 0.615. The Balaban J connectivity index is 2.25. The van der Waals surface area contributed by atoms with Crippen LogP contribution in [-0.2, 0) is 4.79 Å². The quantitative estimate of drug-likeness (QED) is 0.493. The average molecular weight is 190 g/mol. The van der Waals surface area contributed by atoms with Crippen molar-refractivity contribution in [2.75, 3.05) is 0 Å². The molecule has 1 nitrogen and oxygen atoms in total. The van der Waals surface area contributed by atoms with Crippen LogP contribution in [-0.4, -0.2) is 6.29 Å². The largest absolute Gasteiger partial charge is 0.303 e. The smallest absolute Gasteiger partial charge is 0.120 e. The van der Waals surface area contributed by atoms with Crippen molar-refractivity contribution in [1.29, 1.82) is 0 Å². The molecule has 0 unspecified atom stereocenters. The SMILES string of the molecule is C=C[C@@]12CC[C@@H](C[C@H]1CC=O)C(=C)C2. The van der Waals surface area contributed by atoms with Crippen molar-refractivity contribution < 1.29 is 4.79 Å². The summed E-state index contributed by atoms with van der Waals surface area (Å²) in [6.45, 7) is 8.11. The molecule has 0 aromatic heterocycles. The molecule has 0 aromatic rings. The second-order valence-electron chi connectivity index (χ2n) is 4.84. The summed E-state index contributed by atoms with van der Waals surface area (Å²) in [6, 6.07) is 0. The molecule has 3 fully saturated rings. The summed E-state index contributed by atoms with van der Waals surface area (Å²) in [5.74, 6) is 1.21. The van der Waals surface area contributed by atoms with Crippen LogP contribution in [0.25, 0.3) is 0 Å². The van der Waals surface area contributed by atoms with E-state index in [9.17, 15) is 4.79 Å². The lowest BCUT2D eigenvalue weighted by Gasteiger charge is -2.51. The molecule has 0 aromatic carbocycles. The summed E-state index contributed by atoms with van der Waals surface area (Å²) in [7, 11) is 0. The van der Waals surface area contributed by atoms with Crippen molar-refractivity contribution in [2.45, 2.75) is 32.1 Å². The van der Waals surface area contributed by atoms with Gasteiger partial charge in [-0.1, -0.05) is 18.2 Å². The van der Waals surface area contributed by atoms with Gasteiger partial charge < -0.3 is 4.79 Å². The maximum absolute atomic E-state index is 10.6. The number of allylic oxidation sites excluding steroid dienone is 2. The number of hydrogen-bond donors (Lipinski definition) is 0. The third-order valence-electron chi connectivity index (χ3n) is 4.26. The highest BCUT2D eigenvalue weighted by molar-refractivity contribution is 5.50. The van der Waals surface area contributed by atoms with Crippen molar-refractivity contribution in [3.05, 3.63) is 24.8 Å². The molecule has 2 bridgehead atoms. The molecule has 1 heteroatoms. The monoisotopic (exact) mass is 190 g/mol. The molecule has 14 heavy (non-hydrogen) atoms. The molecular formula is C13H18O. The van der Waals surface area contributed by atoms with Crippen molar-refractivity contribution in [3.63, 3.8) is 0 Å². The van der Waals surface area contributed by atoms with Crippen molar-refractivity contribution >= 4 is 6.29 Å². The van der Waals surface area contributed by atoms with Gasteiger partial charge in [-0.2, -0.15) is 0 Å². The number of carbonyl (C=O) groups excluding carboxylic acids is 1. The third-order valence-corrected chi connectivity index (χ3v) is 4.26. The van der Waals surface area contributed by atoms with Gasteiger partial charge in [0.05, 0.1) is 0 Å². The predicted octanol–water partition coefficient (Wildman–Crippen LogP) is 3.12. The van der Waals surface area contributed by atoms with Gasteiger partial charge in [-0.05, 0) is 42.9 Å². The third kappa shape index (κ3) is 1.26. The molecule has 0 spiro atoms. The highest BCUT2D eigenvalue weighted by Gasteiger charge is 2.46. The molecular weight excluding hydrogens is 172 g/mol. The van der Waals surface area contributed by atoms with Crippen LogP contribution in [0.1, 0.15) is 32.1 Å². The summed E-state index contributed by atoms with van der Waals surface area (Å²) < 4.78 is 0. The topological polar surface area (TPSA) is 17.1 Å². The minimum Gasteiger partial charge on any atom is -0.303 e. The first-order chi connectivity index (χ1) is 6.72. The minimum absolute atomic E-state index is 0.201. The first-order valence-corrected chi connectivity index (χ1v) is 5.47. The number of carbonyl (C=O) groups is 1. The summed E-state index contributed by atoms with van der Waals surface area (Å²) in [5.41, 5.74) is 1.59. The van der Waals surface area contributed by atoms with Crippen LogP contribution in [0, 0.1) is 17.3 Å². The van der Waals surface area contributed by atoms with Gasteiger partial charge in [0.25, 0.3) is 0 Å². The van der Waals surface area contributed by atoms with E-state index in [1.54, 1.807) is 0 Å². The second-order valence-corrected chi connectivity index (χ2v) is 4.84. The van der Waals surface area contributed by atoms with Crippen LogP contribution in [0.4, 0.5) is 0 Å². The zero-order chi connectivity index (χ0) is 10.2. The van der Waals surface area contributed by atoms with E-state index in [0.29, 0.717) is 18.3 Å². The standard InChI is InChI=1S/C13H18O/c1-3-13-6-4-11(10(2)9-13)8-12(13)5-7-14/h3,7,11-12H,1-2,4-6,8-9H2/t11-,12+,13-/m0/s1.